The van der Waals surface area contributed by atoms with E-state index in [0.717, 1.165) is 16.8 Å². The van der Waals surface area contributed by atoms with E-state index in [1.165, 1.54) is 0 Å². The van der Waals surface area contributed by atoms with Crippen molar-refractivity contribution in [3.8, 4) is 0 Å². The number of sulfonamides is 1. The Morgan fingerprint density at radius 2 is 1.79 bits per heavy atom. The summed E-state index contributed by atoms with van der Waals surface area (Å²) in [4.78, 5) is 16.2. The molecule has 0 aliphatic carbocycles. The molecule has 6 nitrogen and oxygen atoms in total. The largest absolute Gasteiger partial charge is 0.309 e. The monoisotopic (exact) mass is 413 g/mol. The number of nitrogens with zero attached hydrogens (tertiary/aromatic N) is 3. The van der Waals surface area contributed by atoms with Crippen LogP contribution in [0.25, 0.3) is 0 Å². The minimum Gasteiger partial charge on any atom is -0.309 e. The molecule has 0 saturated carbocycles. The minimum absolute atomic E-state index is 0.0185. The van der Waals surface area contributed by atoms with Gasteiger partial charge in [0.05, 0.1) is 10.9 Å². The standard InChI is InChI=1S/C22H27N3O3S/c1-16-13-19-14-20(9-10-21(19)25(16)17(2)26)29(27,28)24-12-11-23(3)15-22(24)18-7-5-4-6-8-18/h4-10,14,16,22H,11-13,15H2,1-3H3/t16-,22-/m1/s1. The molecular weight excluding hydrogens is 386 g/mol. The lowest BCUT2D eigenvalue weighted by Gasteiger charge is -2.39. The van der Waals surface area contributed by atoms with Crippen LogP contribution in [0, 0.1) is 0 Å². The highest BCUT2D eigenvalue weighted by Gasteiger charge is 2.37. The summed E-state index contributed by atoms with van der Waals surface area (Å²) in [6.45, 7) is 5.34. The fourth-order valence-corrected chi connectivity index (χ4v) is 6.17. The Balaban J connectivity index is 1.71. The Labute approximate surface area is 172 Å². The van der Waals surface area contributed by atoms with Crippen molar-refractivity contribution in [3.63, 3.8) is 0 Å². The highest BCUT2D eigenvalue weighted by atomic mass is 32.2. The van der Waals surface area contributed by atoms with Gasteiger partial charge in [0.1, 0.15) is 0 Å². The molecule has 7 heteroatoms. The van der Waals surface area contributed by atoms with E-state index < -0.39 is 10.0 Å². The molecule has 2 heterocycles. The van der Waals surface area contributed by atoms with Gasteiger partial charge in [-0.1, -0.05) is 30.3 Å². The van der Waals surface area contributed by atoms with Crippen molar-refractivity contribution in [3.05, 3.63) is 59.7 Å². The van der Waals surface area contributed by atoms with Crippen LogP contribution in [0.5, 0.6) is 0 Å². The van der Waals surface area contributed by atoms with Crippen LogP contribution in [0.4, 0.5) is 5.69 Å². The summed E-state index contributed by atoms with van der Waals surface area (Å²) in [6.07, 6.45) is 0.670. The number of piperazine rings is 1. The first-order chi connectivity index (χ1) is 13.8. The Morgan fingerprint density at radius 3 is 2.48 bits per heavy atom. The van der Waals surface area contributed by atoms with Crippen LogP contribution in [-0.4, -0.2) is 56.3 Å². The highest BCUT2D eigenvalue weighted by Crippen LogP contribution is 2.36. The van der Waals surface area contributed by atoms with Crippen molar-refractivity contribution in [2.75, 3.05) is 31.6 Å². The third-order valence-corrected chi connectivity index (χ3v) is 7.84. The van der Waals surface area contributed by atoms with Crippen LogP contribution in [0.15, 0.2) is 53.4 Å². The van der Waals surface area contributed by atoms with Gasteiger partial charge in [-0.15, -0.1) is 0 Å². The van der Waals surface area contributed by atoms with Crippen molar-refractivity contribution >= 4 is 21.6 Å². The lowest BCUT2D eigenvalue weighted by Crippen LogP contribution is -2.49. The molecule has 2 aliphatic rings. The van der Waals surface area contributed by atoms with E-state index in [9.17, 15) is 13.2 Å². The molecule has 0 spiro atoms. The Hall–Kier alpha value is -2.22. The molecule has 0 N–H and O–H groups in total. The number of hydrogen-bond donors (Lipinski definition) is 0. The molecule has 0 unspecified atom stereocenters. The van der Waals surface area contributed by atoms with Crippen LogP contribution in [-0.2, 0) is 21.2 Å². The number of hydrogen-bond acceptors (Lipinski definition) is 4. The normalized spacial score (nSPS) is 23.2. The molecular formula is C22H27N3O3S. The first-order valence-corrected chi connectivity index (χ1v) is 11.4. The maximum atomic E-state index is 13.6. The summed E-state index contributed by atoms with van der Waals surface area (Å²) < 4.78 is 28.8. The zero-order valence-corrected chi connectivity index (χ0v) is 17.9. The lowest BCUT2D eigenvalue weighted by atomic mass is 10.1. The number of fused-ring (bicyclic) bond motifs is 1. The van der Waals surface area contributed by atoms with E-state index in [4.69, 9.17) is 0 Å². The number of anilines is 1. The molecule has 2 aliphatic heterocycles. The van der Waals surface area contributed by atoms with Gasteiger partial charge in [-0.3, -0.25) is 4.79 Å². The van der Waals surface area contributed by atoms with Crippen molar-refractivity contribution in [2.45, 2.75) is 37.2 Å². The second-order valence-corrected chi connectivity index (χ2v) is 9.93. The SMILES string of the molecule is CC(=O)N1c2ccc(S(=O)(=O)N3CCN(C)C[C@@H]3c3ccccc3)cc2C[C@H]1C. The number of likely N-dealkylation sites (N-methyl/N-ethyl adjacent to an activating group) is 1. The molecule has 1 amide bonds. The van der Waals surface area contributed by atoms with Crippen LogP contribution < -0.4 is 4.90 Å². The topological polar surface area (TPSA) is 60.9 Å². The van der Waals surface area contributed by atoms with Gasteiger partial charge in [-0.2, -0.15) is 4.31 Å². The van der Waals surface area contributed by atoms with Gasteiger partial charge in [-0.25, -0.2) is 8.42 Å². The molecule has 4 rings (SSSR count). The second-order valence-electron chi connectivity index (χ2n) is 8.04. The summed E-state index contributed by atoms with van der Waals surface area (Å²) in [7, 11) is -1.64. The average Bonchev–Trinajstić information content (AvgIpc) is 3.03. The second kappa shape index (κ2) is 7.55. The zero-order chi connectivity index (χ0) is 20.8. The molecule has 2 aromatic rings. The summed E-state index contributed by atoms with van der Waals surface area (Å²) in [6, 6.07) is 14.8. The summed E-state index contributed by atoms with van der Waals surface area (Å²) in [5.41, 5.74) is 2.74. The highest BCUT2D eigenvalue weighted by molar-refractivity contribution is 7.89. The van der Waals surface area contributed by atoms with Crippen molar-refractivity contribution < 1.29 is 13.2 Å². The van der Waals surface area contributed by atoms with E-state index in [1.54, 1.807) is 34.3 Å². The van der Waals surface area contributed by atoms with Crippen LogP contribution in [0.3, 0.4) is 0 Å². The van der Waals surface area contributed by atoms with Crippen molar-refractivity contribution in [1.29, 1.82) is 0 Å². The number of carbonyl (C=O) groups excluding carboxylic acids is 1. The number of carbonyl (C=O) groups is 1. The van der Waals surface area contributed by atoms with E-state index >= 15 is 0 Å². The van der Waals surface area contributed by atoms with Gasteiger partial charge >= 0.3 is 0 Å². The quantitative estimate of drug-likeness (QED) is 0.776. The maximum Gasteiger partial charge on any atom is 0.243 e. The first kappa shape index (κ1) is 20.1. The van der Waals surface area contributed by atoms with Crippen LogP contribution in [0.1, 0.15) is 31.0 Å². The van der Waals surface area contributed by atoms with Gasteiger partial charge in [0.25, 0.3) is 0 Å². The predicted molar refractivity (Wildman–Crippen MR) is 113 cm³/mol. The molecule has 1 saturated heterocycles. The number of benzene rings is 2. The number of rotatable bonds is 3. The van der Waals surface area contributed by atoms with Crippen LogP contribution >= 0.6 is 0 Å². The van der Waals surface area contributed by atoms with Gasteiger partial charge in [0.2, 0.25) is 15.9 Å². The fourth-order valence-electron chi connectivity index (χ4n) is 4.52. The Bertz CT molecular complexity index is 1020. The summed E-state index contributed by atoms with van der Waals surface area (Å²) in [5.74, 6) is -0.0185. The third-order valence-electron chi connectivity index (χ3n) is 5.93. The van der Waals surface area contributed by atoms with Gasteiger partial charge in [-0.05, 0) is 49.7 Å². The molecule has 2 atom stereocenters. The minimum atomic E-state index is -3.66. The van der Waals surface area contributed by atoms with Gasteiger partial charge in [0.15, 0.2) is 0 Å². The molecule has 154 valence electrons. The summed E-state index contributed by atoms with van der Waals surface area (Å²) >= 11 is 0. The van der Waals surface area contributed by atoms with Gasteiger partial charge < -0.3 is 9.80 Å². The fraction of sp³-hybridized carbons (Fsp3) is 0.409. The molecule has 0 bridgehead atoms. The third kappa shape index (κ3) is 3.58. The molecule has 2 aromatic carbocycles. The van der Waals surface area contributed by atoms with E-state index in [1.807, 2.05) is 44.3 Å². The molecule has 29 heavy (non-hydrogen) atoms. The number of amides is 1. The van der Waals surface area contributed by atoms with E-state index in [0.29, 0.717) is 31.0 Å². The van der Waals surface area contributed by atoms with Crippen molar-refractivity contribution in [2.24, 2.45) is 0 Å². The zero-order valence-electron chi connectivity index (χ0n) is 17.1. The smallest absolute Gasteiger partial charge is 0.243 e. The predicted octanol–water partition coefficient (Wildman–Crippen LogP) is 2.66. The Morgan fingerprint density at radius 1 is 1.07 bits per heavy atom. The van der Waals surface area contributed by atoms with Gasteiger partial charge in [0, 0.05) is 38.3 Å². The Kier molecular flexibility index (Phi) is 5.23. The van der Waals surface area contributed by atoms with E-state index in [2.05, 4.69) is 4.90 Å². The molecule has 0 radical (unpaired) electrons. The van der Waals surface area contributed by atoms with E-state index in [-0.39, 0.29) is 18.0 Å². The lowest BCUT2D eigenvalue weighted by molar-refractivity contribution is -0.116. The maximum absolute atomic E-state index is 13.6. The molecule has 0 aromatic heterocycles. The summed E-state index contributed by atoms with van der Waals surface area (Å²) in [5, 5.41) is 0. The first-order valence-electron chi connectivity index (χ1n) is 9.97. The van der Waals surface area contributed by atoms with Crippen LogP contribution in [0.2, 0.25) is 0 Å². The molecule has 1 fully saturated rings. The average molecular weight is 414 g/mol. The van der Waals surface area contributed by atoms with Crippen molar-refractivity contribution in [1.82, 2.24) is 9.21 Å².